The van der Waals surface area contributed by atoms with Gasteiger partial charge in [0.05, 0.1) is 11.3 Å². The third-order valence-electron chi connectivity index (χ3n) is 4.53. The largest absolute Gasteiger partial charge is 0.337 e. The second kappa shape index (κ2) is 12.0. The molecule has 0 aliphatic heterocycles. The van der Waals surface area contributed by atoms with Crippen molar-refractivity contribution in [2.24, 2.45) is 0 Å². The van der Waals surface area contributed by atoms with Crippen LogP contribution in [0.3, 0.4) is 0 Å². The molecule has 2 N–H and O–H groups in total. The van der Waals surface area contributed by atoms with E-state index in [1.54, 1.807) is 24.1 Å². The highest BCUT2D eigenvalue weighted by Crippen LogP contribution is 2.18. The van der Waals surface area contributed by atoms with Gasteiger partial charge in [0.2, 0.25) is 5.91 Å². The Balaban J connectivity index is 1.96. The molecule has 2 aromatic carbocycles. The Kier molecular flexibility index (Phi) is 9.31. The van der Waals surface area contributed by atoms with Gasteiger partial charge < -0.3 is 15.5 Å². The summed E-state index contributed by atoms with van der Waals surface area (Å²) >= 11 is 5.26. The number of nitrogens with zero attached hydrogens (tertiary/aromatic N) is 1. The molecule has 0 heterocycles. The highest BCUT2D eigenvalue weighted by molar-refractivity contribution is 7.80. The maximum atomic E-state index is 12.9. The highest BCUT2D eigenvalue weighted by Gasteiger charge is 2.17. The number of hydrogen-bond acceptors (Lipinski definition) is 3. The smallest absolute Gasteiger partial charge is 0.256 e. The quantitative estimate of drug-likeness (QED) is 0.462. The standard InChI is InChI=1S/C23H29N3O2S/c1-3-4-5-9-16-21(27)25-23(29)24-20-15-11-10-14-19(20)22(28)26(2)17-18-12-7-6-8-13-18/h6-8,10-15H,3-5,9,16-17H2,1-2H3,(H2,24,25,27,29). The highest BCUT2D eigenvalue weighted by atomic mass is 32.1. The Morgan fingerprint density at radius 3 is 2.38 bits per heavy atom. The van der Waals surface area contributed by atoms with E-state index in [-0.39, 0.29) is 16.9 Å². The Bertz CT molecular complexity index is 824. The number of anilines is 1. The van der Waals surface area contributed by atoms with Crippen molar-refractivity contribution in [1.82, 2.24) is 10.2 Å². The molecule has 0 aliphatic carbocycles. The van der Waals surface area contributed by atoms with Crippen LogP contribution >= 0.6 is 12.2 Å². The second-order valence-corrected chi connectivity index (χ2v) is 7.41. The SMILES string of the molecule is CCCCCCC(=O)NC(=S)Nc1ccccc1C(=O)N(C)Cc1ccccc1. The first-order chi connectivity index (χ1) is 14.0. The molecule has 2 amide bonds. The number of unbranched alkanes of at least 4 members (excludes halogenated alkanes) is 3. The molecule has 0 fully saturated rings. The van der Waals surface area contributed by atoms with Crippen LogP contribution in [0.15, 0.2) is 54.6 Å². The zero-order chi connectivity index (χ0) is 21.1. The van der Waals surface area contributed by atoms with Crippen molar-refractivity contribution in [3.05, 3.63) is 65.7 Å². The number of amides is 2. The normalized spacial score (nSPS) is 10.3. The van der Waals surface area contributed by atoms with Crippen LogP contribution in [0, 0.1) is 0 Å². The Morgan fingerprint density at radius 2 is 1.66 bits per heavy atom. The summed E-state index contributed by atoms with van der Waals surface area (Å²) in [5.41, 5.74) is 2.14. The zero-order valence-electron chi connectivity index (χ0n) is 17.1. The van der Waals surface area contributed by atoms with Crippen molar-refractivity contribution >= 4 is 34.8 Å². The lowest BCUT2D eigenvalue weighted by molar-refractivity contribution is -0.119. The topological polar surface area (TPSA) is 61.4 Å². The van der Waals surface area contributed by atoms with E-state index in [2.05, 4.69) is 17.6 Å². The third kappa shape index (κ3) is 7.66. The summed E-state index contributed by atoms with van der Waals surface area (Å²) in [5, 5.41) is 5.90. The number of hydrogen-bond donors (Lipinski definition) is 2. The lowest BCUT2D eigenvalue weighted by atomic mass is 10.1. The summed E-state index contributed by atoms with van der Waals surface area (Å²) in [6.07, 6.45) is 4.59. The molecule has 0 aromatic heterocycles. The minimum Gasteiger partial charge on any atom is -0.337 e. The maximum Gasteiger partial charge on any atom is 0.256 e. The minimum absolute atomic E-state index is 0.108. The molecule has 0 spiro atoms. The van der Waals surface area contributed by atoms with Gasteiger partial charge in [-0.3, -0.25) is 9.59 Å². The molecule has 0 saturated heterocycles. The molecule has 0 atom stereocenters. The van der Waals surface area contributed by atoms with Crippen LogP contribution in [0.5, 0.6) is 0 Å². The first kappa shape index (κ1) is 22.6. The van der Waals surface area contributed by atoms with Crippen LogP contribution < -0.4 is 10.6 Å². The number of carbonyl (C=O) groups excluding carboxylic acids is 2. The predicted octanol–water partition coefficient (Wildman–Crippen LogP) is 4.74. The number of benzene rings is 2. The van der Waals surface area contributed by atoms with Crippen LogP contribution in [0.25, 0.3) is 0 Å². The van der Waals surface area contributed by atoms with E-state index >= 15 is 0 Å². The molecule has 0 unspecified atom stereocenters. The summed E-state index contributed by atoms with van der Waals surface area (Å²) in [6.45, 7) is 2.64. The molecule has 2 aromatic rings. The molecule has 0 aliphatic rings. The average molecular weight is 412 g/mol. The van der Waals surface area contributed by atoms with Crippen LogP contribution in [-0.2, 0) is 11.3 Å². The number of thiocarbonyl (C=S) groups is 1. The van der Waals surface area contributed by atoms with Gasteiger partial charge in [0, 0.05) is 20.0 Å². The second-order valence-electron chi connectivity index (χ2n) is 7.01. The number of rotatable bonds is 9. The van der Waals surface area contributed by atoms with E-state index < -0.39 is 0 Å². The van der Waals surface area contributed by atoms with E-state index in [0.717, 1.165) is 31.2 Å². The van der Waals surface area contributed by atoms with Crippen LogP contribution in [0.1, 0.15) is 54.9 Å². The molecule has 0 saturated carbocycles. The van der Waals surface area contributed by atoms with Gasteiger partial charge in [-0.05, 0) is 36.3 Å². The van der Waals surface area contributed by atoms with Gasteiger partial charge in [0.25, 0.3) is 5.91 Å². The Hall–Kier alpha value is -2.73. The number of nitrogens with one attached hydrogen (secondary N) is 2. The summed E-state index contributed by atoms with van der Waals surface area (Å²) in [7, 11) is 1.77. The fraction of sp³-hybridized carbons (Fsp3) is 0.348. The van der Waals surface area contributed by atoms with Crippen LogP contribution in [-0.4, -0.2) is 28.9 Å². The van der Waals surface area contributed by atoms with E-state index in [1.165, 1.54) is 0 Å². The Labute approximate surface area is 178 Å². The molecule has 5 nitrogen and oxygen atoms in total. The van der Waals surface area contributed by atoms with Crippen LogP contribution in [0.4, 0.5) is 5.69 Å². The first-order valence-corrected chi connectivity index (χ1v) is 10.4. The number of carbonyl (C=O) groups is 2. The van der Waals surface area contributed by atoms with Gasteiger partial charge in [-0.25, -0.2) is 0 Å². The van der Waals surface area contributed by atoms with Crippen molar-refractivity contribution in [1.29, 1.82) is 0 Å². The van der Waals surface area contributed by atoms with Gasteiger partial charge in [0.1, 0.15) is 0 Å². The summed E-state index contributed by atoms with van der Waals surface area (Å²) in [6, 6.07) is 17.0. The molecular weight excluding hydrogens is 382 g/mol. The summed E-state index contributed by atoms with van der Waals surface area (Å²) in [5.74, 6) is -0.228. The van der Waals surface area contributed by atoms with E-state index in [1.807, 2.05) is 42.5 Å². The summed E-state index contributed by atoms with van der Waals surface area (Å²) in [4.78, 5) is 26.6. The van der Waals surface area contributed by atoms with E-state index in [0.29, 0.717) is 24.2 Å². The zero-order valence-corrected chi connectivity index (χ0v) is 17.9. The first-order valence-electron chi connectivity index (χ1n) is 10.0. The summed E-state index contributed by atoms with van der Waals surface area (Å²) < 4.78 is 0. The van der Waals surface area contributed by atoms with Crippen molar-refractivity contribution < 1.29 is 9.59 Å². The Morgan fingerprint density at radius 1 is 0.966 bits per heavy atom. The number of para-hydroxylation sites is 1. The van der Waals surface area contributed by atoms with Crippen molar-refractivity contribution in [3.8, 4) is 0 Å². The van der Waals surface area contributed by atoms with Gasteiger partial charge in [-0.2, -0.15) is 0 Å². The average Bonchev–Trinajstić information content (AvgIpc) is 2.71. The van der Waals surface area contributed by atoms with Crippen LogP contribution in [0.2, 0.25) is 0 Å². The lowest BCUT2D eigenvalue weighted by Gasteiger charge is -2.20. The molecule has 6 heteroatoms. The van der Waals surface area contributed by atoms with Crippen molar-refractivity contribution in [3.63, 3.8) is 0 Å². The minimum atomic E-state index is -0.120. The lowest BCUT2D eigenvalue weighted by Crippen LogP contribution is -2.35. The van der Waals surface area contributed by atoms with Gasteiger partial charge in [0.15, 0.2) is 5.11 Å². The predicted molar refractivity (Wildman–Crippen MR) is 122 cm³/mol. The molecule has 2 rings (SSSR count). The van der Waals surface area contributed by atoms with Crippen molar-refractivity contribution in [2.45, 2.75) is 45.6 Å². The maximum absolute atomic E-state index is 12.9. The molecule has 154 valence electrons. The van der Waals surface area contributed by atoms with Crippen molar-refractivity contribution in [2.75, 3.05) is 12.4 Å². The van der Waals surface area contributed by atoms with Gasteiger partial charge in [-0.1, -0.05) is 68.7 Å². The molecule has 29 heavy (non-hydrogen) atoms. The van der Waals surface area contributed by atoms with Gasteiger partial charge >= 0.3 is 0 Å². The fourth-order valence-electron chi connectivity index (χ4n) is 2.97. The monoisotopic (exact) mass is 411 g/mol. The third-order valence-corrected chi connectivity index (χ3v) is 4.73. The van der Waals surface area contributed by atoms with E-state index in [9.17, 15) is 9.59 Å². The van der Waals surface area contributed by atoms with E-state index in [4.69, 9.17) is 12.2 Å². The molecular formula is C23H29N3O2S. The molecule has 0 radical (unpaired) electrons. The van der Waals surface area contributed by atoms with Gasteiger partial charge in [-0.15, -0.1) is 0 Å². The fourth-order valence-corrected chi connectivity index (χ4v) is 3.19. The molecule has 0 bridgehead atoms.